The van der Waals surface area contributed by atoms with Crippen molar-refractivity contribution in [3.05, 3.63) is 34.2 Å². The molecule has 4 heteroatoms. The number of hydrogen-bond acceptors (Lipinski definition) is 2. The van der Waals surface area contributed by atoms with Gasteiger partial charge in [-0.3, -0.25) is 4.79 Å². The topological polar surface area (TPSA) is 42.2 Å². The lowest BCUT2D eigenvalue weighted by molar-refractivity contribution is 0.0952. The predicted octanol–water partition coefficient (Wildman–Crippen LogP) is 3.27. The molecule has 1 aliphatic carbocycles. The summed E-state index contributed by atoms with van der Waals surface area (Å²) in [6.45, 7) is 0.697. The molecule has 0 aliphatic heterocycles. The van der Waals surface area contributed by atoms with Crippen molar-refractivity contribution in [3.63, 3.8) is 0 Å². The van der Waals surface area contributed by atoms with Gasteiger partial charge in [0, 0.05) is 6.54 Å². The van der Waals surface area contributed by atoms with Crippen LogP contribution in [0.5, 0.6) is 0 Å². The predicted molar refractivity (Wildman–Crippen MR) is 65.3 cm³/mol. The highest BCUT2D eigenvalue weighted by atomic mass is 79.9. The van der Waals surface area contributed by atoms with Crippen molar-refractivity contribution in [1.82, 2.24) is 5.32 Å². The lowest BCUT2D eigenvalue weighted by Crippen LogP contribution is -2.24. The molecule has 0 bridgehead atoms. The molecule has 0 radical (unpaired) electrons. The number of nitrogens with one attached hydrogen (secondary N) is 1. The molecule has 1 aromatic rings. The van der Waals surface area contributed by atoms with Gasteiger partial charge in [-0.05, 0) is 47.7 Å². The van der Waals surface area contributed by atoms with Gasteiger partial charge in [-0.15, -0.1) is 0 Å². The van der Waals surface area contributed by atoms with E-state index in [0.29, 0.717) is 16.8 Å². The van der Waals surface area contributed by atoms with Gasteiger partial charge < -0.3 is 9.73 Å². The quantitative estimate of drug-likeness (QED) is 0.862. The van der Waals surface area contributed by atoms with Crippen molar-refractivity contribution in [2.75, 3.05) is 6.54 Å². The van der Waals surface area contributed by atoms with Crippen molar-refractivity contribution >= 4 is 21.8 Å². The van der Waals surface area contributed by atoms with E-state index in [0.717, 1.165) is 6.42 Å². The van der Waals surface area contributed by atoms with Crippen molar-refractivity contribution < 1.29 is 9.21 Å². The Balaban J connectivity index is 1.78. The molecular formula is C12H14BrNO2. The summed E-state index contributed by atoms with van der Waals surface area (Å²) in [5, 5.41) is 2.88. The number of rotatable bonds is 4. The molecule has 2 rings (SSSR count). The monoisotopic (exact) mass is 283 g/mol. The smallest absolute Gasteiger partial charge is 0.255 e. The minimum atomic E-state index is -0.0841. The van der Waals surface area contributed by atoms with Gasteiger partial charge in [0.1, 0.15) is 0 Å². The van der Waals surface area contributed by atoms with Gasteiger partial charge in [0.25, 0.3) is 5.91 Å². The fourth-order valence-corrected chi connectivity index (χ4v) is 2.27. The average molecular weight is 284 g/mol. The van der Waals surface area contributed by atoms with Crippen molar-refractivity contribution in [3.8, 4) is 0 Å². The molecule has 0 aromatic carbocycles. The Morgan fingerprint density at radius 3 is 3.06 bits per heavy atom. The first-order chi connectivity index (χ1) is 7.77. The summed E-state index contributed by atoms with van der Waals surface area (Å²) in [5.41, 5.74) is 2.02. The van der Waals surface area contributed by atoms with Crippen LogP contribution in [0.2, 0.25) is 0 Å². The van der Waals surface area contributed by atoms with Crippen LogP contribution in [0.15, 0.2) is 33.1 Å². The maximum atomic E-state index is 11.7. The van der Waals surface area contributed by atoms with Crippen LogP contribution in [0.3, 0.4) is 0 Å². The lowest BCUT2D eigenvalue weighted by atomic mass is 10.1. The van der Waals surface area contributed by atoms with E-state index in [2.05, 4.69) is 27.3 Å². The van der Waals surface area contributed by atoms with Crippen LogP contribution < -0.4 is 5.32 Å². The highest BCUT2D eigenvalue weighted by Crippen LogP contribution is 2.20. The van der Waals surface area contributed by atoms with Crippen LogP contribution >= 0.6 is 15.9 Å². The fourth-order valence-electron chi connectivity index (χ4n) is 1.85. The van der Waals surface area contributed by atoms with Crippen molar-refractivity contribution in [2.24, 2.45) is 0 Å². The highest BCUT2D eigenvalue weighted by molar-refractivity contribution is 9.10. The van der Waals surface area contributed by atoms with Gasteiger partial charge in [0.15, 0.2) is 4.67 Å². The van der Waals surface area contributed by atoms with E-state index >= 15 is 0 Å². The van der Waals surface area contributed by atoms with Crippen molar-refractivity contribution in [1.29, 1.82) is 0 Å². The second-order valence-corrected chi connectivity index (χ2v) is 4.59. The summed E-state index contributed by atoms with van der Waals surface area (Å²) in [5.74, 6) is -0.0841. The first-order valence-electron chi connectivity index (χ1n) is 5.46. The van der Waals surface area contributed by atoms with Gasteiger partial charge in [-0.1, -0.05) is 11.6 Å². The van der Waals surface area contributed by atoms with Crippen LogP contribution in [-0.4, -0.2) is 12.5 Å². The second kappa shape index (κ2) is 5.34. The summed E-state index contributed by atoms with van der Waals surface area (Å²) >= 11 is 3.19. The van der Waals surface area contributed by atoms with E-state index in [1.807, 2.05) is 0 Å². The molecular weight excluding hydrogens is 270 g/mol. The van der Waals surface area contributed by atoms with E-state index < -0.39 is 0 Å². The van der Waals surface area contributed by atoms with E-state index in [1.165, 1.54) is 31.1 Å². The van der Waals surface area contributed by atoms with Crippen LogP contribution in [0.4, 0.5) is 0 Å². The molecule has 16 heavy (non-hydrogen) atoms. The normalized spacial score (nSPS) is 14.9. The minimum absolute atomic E-state index is 0.0841. The number of carbonyl (C=O) groups is 1. The molecule has 3 nitrogen and oxygen atoms in total. The van der Waals surface area contributed by atoms with Crippen LogP contribution in [0.25, 0.3) is 0 Å². The molecule has 86 valence electrons. The zero-order chi connectivity index (χ0) is 11.4. The van der Waals surface area contributed by atoms with Gasteiger partial charge >= 0.3 is 0 Å². The van der Waals surface area contributed by atoms with Gasteiger partial charge in [0.2, 0.25) is 0 Å². The molecule has 0 unspecified atom stereocenters. The summed E-state index contributed by atoms with van der Waals surface area (Å²) in [6, 6.07) is 1.66. The van der Waals surface area contributed by atoms with Gasteiger partial charge in [0.05, 0.1) is 11.8 Å². The number of halogens is 1. The Labute approximate surface area is 103 Å². The molecule has 1 aromatic heterocycles. The summed E-state index contributed by atoms with van der Waals surface area (Å²) in [6.07, 6.45) is 8.37. The Morgan fingerprint density at radius 1 is 1.56 bits per heavy atom. The first kappa shape index (κ1) is 11.5. The number of furan rings is 1. The zero-order valence-electron chi connectivity index (χ0n) is 8.96. The summed E-state index contributed by atoms with van der Waals surface area (Å²) < 4.78 is 5.50. The second-order valence-electron chi connectivity index (χ2n) is 3.87. The molecule has 0 spiro atoms. The molecule has 1 N–H and O–H groups in total. The Kier molecular flexibility index (Phi) is 3.83. The SMILES string of the molecule is O=C(NCCC1=CCCC1)c1ccoc1Br. The Hall–Kier alpha value is -1.03. The molecule has 0 saturated carbocycles. The van der Waals surface area contributed by atoms with E-state index in [4.69, 9.17) is 4.42 Å². The molecule has 1 heterocycles. The van der Waals surface area contributed by atoms with Crippen LogP contribution in [0, 0.1) is 0 Å². The van der Waals surface area contributed by atoms with Gasteiger partial charge in [-0.25, -0.2) is 0 Å². The van der Waals surface area contributed by atoms with Crippen LogP contribution in [0.1, 0.15) is 36.0 Å². The maximum absolute atomic E-state index is 11.7. The minimum Gasteiger partial charge on any atom is -0.457 e. The largest absolute Gasteiger partial charge is 0.457 e. The van der Waals surface area contributed by atoms with Crippen molar-refractivity contribution in [2.45, 2.75) is 25.7 Å². The first-order valence-corrected chi connectivity index (χ1v) is 6.26. The summed E-state index contributed by atoms with van der Waals surface area (Å²) in [4.78, 5) is 11.7. The van der Waals surface area contributed by atoms with E-state index in [-0.39, 0.29) is 5.91 Å². The van der Waals surface area contributed by atoms with E-state index in [9.17, 15) is 4.79 Å². The molecule has 0 fully saturated rings. The van der Waals surface area contributed by atoms with Gasteiger partial charge in [-0.2, -0.15) is 0 Å². The average Bonchev–Trinajstić information content (AvgIpc) is 2.88. The molecule has 0 atom stereocenters. The third-order valence-corrected chi connectivity index (χ3v) is 3.34. The molecule has 1 amide bonds. The number of carbonyl (C=O) groups excluding carboxylic acids is 1. The van der Waals surface area contributed by atoms with E-state index in [1.54, 1.807) is 6.07 Å². The summed E-state index contributed by atoms with van der Waals surface area (Å²) in [7, 11) is 0. The maximum Gasteiger partial charge on any atom is 0.255 e. The standard InChI is InChI=1S/C12H14BrNO2/c13-11-10(6-8-16-11)12(15)14-7-5-9-3-1-2-4-9/h3,6,8H,1-2,4-5,7H2,(H,14,15). The Bertz CT molecular complexity index is 409. The molecule has 0 saturated heterocycles. The number of amides is 1. The number of hydrogen-bond donors (Lipinski definition) is 1. The molecule has 1 aliphatic rings. The third-order valence-electron chi connectivity index (χ3n) is 2.73. The highest BCUT2D eigenvalue weighted by Gasteiger charge is 2.12. The lowest BCUT2D eigenvalue weighted by Gasteiger charge is -2.04. The fraction of sp³-hybridized carbons (Fsp3) is 0.417. The Morgan fingerprint density at radius 2 is 2.44 bits per heavy atom. The van der Waals surface area contributed by atoms with Crippen LogP contribution in [-0.2, 0) is 0 Å². The zero-order valence-corrected chi connectivity index (χ0v) is 10.5. The third kappa shape index (κ3) is 2.76. The number of allylic oxidation sites excluding steroid dienone is 1.